The molecule has 3 atom stereocenters. The van der Waals surface area contributed by atoms with Crippen molar-refractivity contribution in [1.29, 1.82) is 0 Å². The third-order valence-electron chi connectivity index (χ3n) is 4.65. The zero-order chi connectivity index (χ0) is 12.3. The molecule has 0 saturated carbocycles. The van der Waals surface area contributed by atoms with Crippen LogP contribution in [0.15, 0.2) is 0 Å². The van der Waals surface area contributed by atoms with Crippen LogP contribution in [-0.2, 0) is 0 Å². The van der Waals surface area contributed by atoms with Gasteiger partial charge in [0.1, 0.15) is 0 Å². The lowest BCUT2D eigenvalue weighted by atomic mass is 10.0. The SMILES string of the molecule is CCC(C)C(O)CN1CCC(N2CCCC2)C1. The van der Waals surface area contributed by atoms with Gasteiger partial charge in [-0.25, -0.2) is 0 Å². The fourth-order valence-electron chi connectivity index (χ4n) is 3.10. The Morgan fingerprint density at radius 2 is 1.94 bits per heavy atom. The molecule has 3 nitrogen and oxygen atoms in total. The lowest BCUT2D eigenvalue weighted by Crippen LogP contribution is -2.38. The van der Waals surface area contributed by atoms with Crippen LogP contribution in [-0.4, -0.2) is 59.8 Å². The lowest BCUT2D eigenvalue weighted by Gasteiger charge is -2.26. The van der Waals surface area contributed by atoms with Gasteiger partial charge in [0, 0.05) is 19.1 Å². The van der Waals surface area contributed by atoms with Crippen molar-refractivity contribution in [2.24, 2.45) is 5.92 Å². The molecule has 0 aliphatic carbocycles. The summed E-state index contributed by atoms with van der Waals surface area (Å²) in [5.41, 5.74) is 0. The van der Waals surface area contributed by atoms with Gasteiger partial charge in [0.05, 0.1) is 6.10 Å². The molecule has 17 heavy (non-hydrogen) atoms. The molecule has 2 rings (SSSR count). The molecule has 0 radical (unpaired) electrons. The smallest absolute Gasteiger partial charge is 0.0692 e. The van der Waals surface area contributed by atoms with E-state index in [2.05, 4.69) is 23.6 Å². The normalized spacial score (nSPS) is 30.9. The van der Waals surface area contributed by atoms with Gasteiger partial charge in [0.2, 0.25) is 0 Å². The maximum atomic E-state index is 10.1. The predicted molar refractivity (Wildman–Crippen MR) is 71.1 cm³/mol. The van der Waals surface area contributed by atoms with Gasteiger partial charge in [-0.3, -0.25) is 9.80 Å². The largest absolute Gasteiger partial charge is 0.392 e. The Hall–Kier alpha value is -0.120. The fraction of sp³-hybridized carbons (Fsp3) is 1.00. The topological polar surface area (TPSA) is 26.7 Å². The molecule has 3 unspecified atom stereocenters. The molecule has 3 heteroatoms. The van der Waals surface area contributed by atoms with Crippen LogP contribution in [0.4, 0.5) is 0 Å². The van der Waals surface area contributed by atoms with Crippen molar-refractivity contribution in [2.45, 2.75) is 51.7 Å². The highest BCUT2D eigenvalue weighted by molar-refractivity contribution is 4.86. The van der Waals surface area contributed by atoms with Crippen molar-refractivity contribution in [3.8, 4) is 0 Å². The zero-order valence-corrected chi connectivity index (χ0v) is 11.4. The number of hydrogen-bond donors (Lipinski definition) is 1. The van der Waals surface area contributed by atoms with Crippen molar-refractivity contribution >= 4 is 0 Å². The van der Waals surface area contributed by atoms with E-state index in [9.17, 15) is 5.11 Å². The Balaban J connectivity index is 1.73. The number of aliphatic hydroxyl groups is 1. The van der Waals surface area contributed by atoms with E-state index in [1.54, 1.807) is 0 Å². The summed E-state index contributed by atoms with van der Waals surface area (Å²) in [6, 6.07) is 0.765. The number of nitrogens with zero attached hydrogens (tertiary/aromatic N) is 2. The van der Waals surface area contributed by atoms with Crippen LogP contribution in [0.2, 0.25) is 0 Å². The van der Waals surface area contributed by atoms with Crippen molar-refractivity contribution in [3.05, 3.63) is 0 Å². The van der Waals surface area contributed by atoms with E-state index in [1.807, 2.05) is 0 Å². The van der Waals surface area contributed by atoms with Crippen LogP contribution in [0.25, 0.3) is 0 Å². The first-order valence-electron chi connectivity index (χ1n) is 7.35. The average Bonchev–Trinajstić information content (AvgIpc) is 2.97. The molecule has 2 aliphatic heterocycles. The molecule has 0 aromatic heterocycles. The molecule has 0 aromatic carbocycles. The molecule has 2 fully saturated rings. The van der Waals surface area contributed by atoms with Crippen molar-refractivity contribution < 1.29 is 5.11 Å². The minimum atomic E-state index is -0.141. The van der Waals surface area contributed by atoms with Crippen molar-refractivity contribution in [1.82, 2.24) is 9.80 Å². The van der Waals surface area contributed by atoms with E-state index in [4.69, 9.17) is 0 Å². The molecule has 0 spiro atoms. The van der Waals surface area contributed by atoms with Crippen LogP contribution >= 0.6 is 0 Å². The van der Waals surface area contributed by atoms with Crippen LogP contribution in [0.5, 0.6) is 0 Å². The quantitative estimate of drug-likeness (QED) is 0.790. The van der Waals surface area contributed by atoms with E-state index >= 15 is 0 Å². The number of hydrogen-bond acceptors (Lipinski definition) is 3. The molecule has 0 amide bonds. The summed E-state index contributed by atoms with van der Waals surface area (Å²) in [6.45, 7) is 10.1. The van der Waals surface area contributed by atoms with Gasteiger partial charge in [-0.2, -0.15) is 0 Å². The summed E-state index contributed by atoms with van der Waals surface area (Å²) < 4.78 is 0. The first-order valence-corrected chi connectivity index (χ1v) is 7.35. The van der Waals surface area contributed by atoms with Gasteiger partial charge in [0.25, 0.3) is 0 Å². The van der Waals surface area contributed by atoms with E-state index in [0.29, 0.717) is 5.92 Å². The molecule has 2 saturated heterocycles. The Kier molecular flexibility index (Phi) is 4.83. The Bertz CT molecular complexity index is 228. The van der Waals surface area contributed by atoms with Gasteiger partial charge in [-0.15, -0.1) is 0 Å². The van der Waals surface area contributed by atoms with Gasteiger partial charge in [-0.05, 0) is 44.8 Å². The Labute approximate surface area is 106 Å². The maximum absolute atomic E-state index is 10.1. The Morgan fingerprint density at radius 1 is 1.24 bits per heavy atom. The monoisotopic (exact) mass is 240 g/mol. The molecule has 2 heterocycles. The third kappa shape index (κ3) is 3.43. The van der Waals surface area contributed by atoms with Crippen molar-refractivity contribution in [2.75, 3.05) is 32.7 Å². The average molecular weight is 240 g/mol. The zero-order valence-electron chi connectivity index (χ0n) is 11.4. The minimum Gasteiger partial charge on any atom is -0.392 e. The first kappa shape index (κ1) is 13.3. The van der Waals surface area contributed by atoms with Crippen LogP contribution in [0.1, 0.15) is 39.5 Å². The summed E-state index contributed by atoms with van der Waals surface area (Å²) in [7, 11) is 0. The predicted octanol–water partition coefficient (Wildman–Crippen LogP) is 1.56. The van der Waals surface area contributed by atoms with Crippen LogP contribution < -0.4 is 0 Å². The second-order valence-corrected chi connectivity index (χ2v) is 5.90. The van der Waals surface area contributed by atoms with Crippen molar-refractivity contribution in [3.63, 3.8) is 0 Å². The highest BCUT2D eigenvalue weighted by Gasteiger charge is 2.30. The number of rotatable bonds is 5. The van der Waals surface area contributed by atoms with E-state index in [-0.39, 0.29) is 6.10 Å². The summed E-state index contributed by atoms with van der Waals surface area (Å²) in [5.74, 6) is 0.431. The highest BCUT2D eigenvalue weighted by atomic mass is 16.3. The van der Waals surface area contributed by atoms with E-state index < -0.39 is 0 Å². The fourth-order valence-corrected chi connectivity index (χ4v) is 3.10. The summed E-state index contributed by atoms with van der Waals surface area (Å²) in [5, 5.41) is 10.1. The first-order chi connectivity index (χ1) is 8.20. The molecule has 0 aromatic rings. The molecule has 100 valence electrons. The van der Waals surface area contributed by atoms with Gasteiger partial charge < -0.3 is 5.11 Å². The van der Waals surface area contributed by atoms with E-state index in [0.717, 1.165) is 19.0 Å². The maximum Gasteiger partial charge on any atom is 0.0692 e. The highest BCUT2D eigenvalue weighted by Crippen LogP contribution is 2.21. The van der Waals surface area contributed by atoms with Gasteiger partial charge >= 0.3 is 0 Å². The third-order valence-corrected chi connectivity index (χ3v) is 4.65. The van der Waals surface area contributed by atoms with Gasteiger partial charge in [0.15, 0.2) is 0 Å². The molecule has 1 N–H and O–H groups in total. The molecule has 0 bridgehead atoms. The summed E-state index contributed by atoms with van der Waals surface area (Å²) in [4.78, 5) is 5.11. The summed E-state index contributed by atoms with van der Waals surface area (Å²) in [6.07, 6.45) is 4.99. The number of β-amino-alcohol motifs (C(OH)–C–C–N with tert-alkyl or cyclic N) is 1. The lowest BCUT2D eigenvalue weighted by molar-refractivity contribution is 0.0742. The minimum absolute atomic E-state index is 0.141. The second-order valence-electron chi connectivity index (χ2n) is 5.90. The molecular weight excluding hydrogens is 212 g/mol. The molecular formula is C14H28N2O. The number of aliphatic hydroxyl groups excluding tert-OH is 1. The second kappa shape index (κ2) is 6.17. The Morgan fingerprint density at radius 3 is 2.59 bits per heavy atom. The van der Waals surface area contributed by atoms with Crippen LogP contribution in [0, 0.1) is 5.92 Å². The van der Waals surface area contributed by atoms with Crippen LogP contribution in [0.3, 0.4) is 0 Å². The van der Waals surface area contributed by atoms with Gasteiger partial charge in [-0.1, -0.05) is 20.3 Å². The standard InChI is InChI=1S/C14H28N2O/c1-3-12(2)14(17)11-15-9-6-13(10-15)16-7-4-5-8-16/h12-14,17H,3-11H2,1-2H3. The number of likely N-dealkylation sites (tertiary alicyclic amines) is 2. The molecule has 2 aliphatic rings. The van der Waals surface area contributed by atoms with E-state index in [1.165, 1.54) is 45.4 Å². The summed E-state index contributed by atoms with van der Waals surface area (Å²) >= 11 is 0.